The first-order chi connectivity index (χ1) is 22.2. The van der Waals surface area contributed by atoms with Gasteiger partial charge in [-0.15, -0.1) is 0 Å². The van der Waals surface area contributed by atoms with E-state index in [1.54, 1.807) is 36.4 Å². The normalized spacial score (nSPS) is 20.0. The first kappa shape index (κ1) is 34.7. The molecule has 1 aliphatic carbocycles. The van der Waals surface area contributed by atoms with Crippen LogP contribution in [0.5, 0.6) is 11.5 Å². The molecule has 12 heteroatoms. The van der Waals surface area contributed by atoms with Gasteiger partial charge in [-0.2, -0.15) is 0 Å². The summed E-state index contributed by atoms with van der Waals surface area (Å²) in [4.78, 5) is 60.4. The number of likely N-dealkylation sites (N-methyl/N-ethyl adjacent to an activating group) is 1. The molecule has 2 bridgehead atoms. The number of ether oxygens (including phenoxy) is 3. The maximum atomic E-state index is 13.6. The van der Waals surface area contributed by atoms with Gasteiger partial charge in [0.2, 0.25) is 11.8 Å². The van der Waals surface area contributed by atoms with Crippen molar-refractivity contribution in [1.82, 2.24) is 25.4 Å². The SMILES string of the molecule is CCOC(=O)C1(CC2CC2)CNC(=O)CCCN(C(=O)CN(C)Cc2ccncc2)CCNC(=O)COc2cc(ccc2OC)C1. The molecule has 2 heterocycles. The number of nitrogens with zero attached hydrogens (tertiary/aromatic N) is 3. The van der Waals surface area contributed by atoms with E-state index in [2.05, 4.69) is 15.6 Å². The van der Waals surface area contributed by atoms with Crippen molar-refractivity contribution >= 4 is 23.7 Å². The van der Waals surface area contributed by atoms with Crippen LogP contribution in [0.3, 0.4) is 0 Å². The van der Waals surface area contributed by atoms with E-state index in [0.29, 0.717) is 49.8 Å². The third-order valence-corrected chi connectivity index (χ3v) is 8.33. The van der Waals surface area contributed by atoms with Crippen molar-refractivity contribution in [1.29, 1.82) is 0 Å². The van der Waals surface area contributed by atoms with Gasteiger partial charge < -0.3 is 29.7 Å². The van der Waals surface area contributed by atoms with Gasteiger partial charge >= 0.3 is 5.97 Å². The molecule has 0 spiro atoms. The molecule has 1 fully saturated rings. The van der Waals surface area contributed by atoms with E-state index < -0.39 is 5.41 Å². The van der Waals surface area contributed by atoms with Crippen LogP contribution in [0, 0.1) is 11.3 Å². The maximum absolute atomic E-state index is 13.6. The molecule has 46 heavy (non-hydrogen) atoms. The van der Waals surface area contributed by atoms with Crippen molar-refractivity contribution in [3.05, 3.63) is 53.9 Å². The molecule has 1 unspecified atom stereocenters. The van der Waals surface area contributed by atoms with Crippen LogP contribution in [0.25, 0.3) is 0 Å². The molecule has 0 radical (unpaired) electrons. The molecule has 12 nitrogen and oxygen atoms in total. The average molecular weight is 638 g/mol. The number of rotatable bonds is 9. The van der Waals surface area contributed by atoms with Gasteiger partial charge in [0.25, 0.3) is 5.91 Å². The molecule has 3 amide bonds. The van der Waals surface area contributed by atoms with Gasteiger partial charge in [-0.3, -0.25) is 29.1 Å². The Morgan fingerprint density at radius 2 is 1.89 bits per heavy atom. The Bertz CT molecular complexity index is 1340. The number of carbonyl (C=O) groups is 4. The Balaban J connectivity index is 1.52. The summed E-state index contributed by atoms with van der Waals surface area (Å²) in [5.74, 6) is 0.221. The Morgan fingerprint density at radius 3 is 2.61 bits per heavy atom. The number of fused-ring (bicyclic) bond motifs is 2. The summed E-state index contributed by atoms with van der Waals surface area (Å²) in [6.45, 7) is 3.49. The highest BCUT2D eigenvalue weighted by atomic mass is 16.5. The van der Waals surface area contributed by atoms with Crippen LogP contribution in [0.1, 0.15) is 50.2 Å². The summed E-state index contributed by atoms with van der Waals surface area (Å²) in [7, 11) is 3.39. The van der Waals surface area contributed by atoms with Crippen LogP contribution in [0.2, 0.25) is 0 Å². The van der Waals surface area contributed by atoms with Gasteiger partial charge in [0.05, 0.1) is 25.7 Å². The summed E-state index contributed by atoms with van der Waals surface area (Å²) in [5, 5.41) is 5.85. The molecule has 2 aromatic rings. The summed E-state index contributed by atoms with van der Waals surface area (Å²) >= 11 is 0. The molecular formula is C34H47N5O7. The lowest BCUT2D eigenvalue weighted by molar-refractivity contribution is -0.156. The first-order valence-corrected chi connectivity index (χ1v) is 16.1. The third kappa shape index (κ3) is 10.4. The minimum Gasteiger partial charge on any atom is -0.493 e. The van der Waals surface area contributed by atoms with Crippen molar-refractivity contribution in [3.8, 4) is 11.5 Å². The number of aromatic nitrogens is 1. The average Bonchev–Trinajstić information content (AvgIpc) is 3.86. The number of methoxy groups -OCH3 is 1. The highest BCUT2D eigenvalue weighted by molar-refractivity contribution is 5.81. The van der Waals surface area contributed by atoms with Gasteiger partial charge in [-0.05, 0) is 74.5 Å². The molecule has 0 saturated heterocycles. The minimum absolute atomic E-state index is 0.107. The zero-order valence-electron chi connectivity index (χ0n) is 27.2. The molecular weight excluding hydrogens is 590 g/mol. The van der Waals surface area contributed by atoms with E-state index in [-0.39, 0.29) is 69.5 Å². The van der Waals surface area contributed by atoms with Crippen molar-refractivity contribution < 1.29 is 33.4 Å². The minimum atomic E-state index is -0.969. The van der Waals surface area contributed by atoms with Gasteiger partial charge in [-0.1, -0.05) is 18.9 Å². The number of hydrogen-bond donors (Lipinski definition) is 2. The Labute approximate surface area is 271 Å². The second-order valence-corrected chi connectivity index (χ2v) is 12.2. The second-order valence-electron chi connectivity index (χ2n) is 12.2. The van der Waals surface area contributed by atoms with E-state index in [1.165, 1.54) is 7.11 Å². The fourth-order valence-electron chi connectivity index (χ4n) is 5.79. The van der Waals surface area contributed by atoms with Gasteiger partial charge in [0.15, 0.2) is 18.1 Å². The van der Waals surface area contributed by atoms with E-state index in [4.69, 9.17) is 14.2 Å². The first-order valence-electron chi connectivity index (χ1n) is 16.1. The second kappa shape index (κ2) is 16.9. The van der Waals surface area contributed by atoms with Crippen molar-refractivity contribution in [2.45, 2.75) is 52.0 Å². The number of benzene rings is 1. The lowest BCUT2D eigenvalue weighted by Crippen LogP contribution is -2.46. The smallest absolute Gasteiger partial charge is 0.314 e. The molecule has 2 aliphatic rings. The van der Waals surface area contributed by atoms with E-state index >= 15 is 0 Å². The molecule has 1 aromatic carbocycles. The predicted molar refractivity (Wildman–Crippen MR) is 171 cm³/mol. The number of esters is 1. The number of nitrogens with one attached hydrogen (secondary N) is 2. The molecule has 4 rings (SSSR count). The summed E-state index contributed by atoms with van der Waals surface area (Å²) in [6, 6.07) is 9.21. The molecule has 250 valence electrons. The topological polar surface area (TPSA) is 139 Å². The van der Waals surface area contributed by atoms with Gasteiger partial charge in [0, 0.05) is 51.5 Å². The van der Waals surface area contributed by atoms with Crippen molar-refractivity contribution in [3.63, 3.8) is 0 Å². The van der Waals surface area contributed by atoms with E-state index in [0.717, 1.165) is 24.0 Å². The van der Waals surface area contributed by atoms with Gasteiger partial charge in [-0.25, -0.2) is 0 Å². The monoisotopic (exact) mass is 637 g/mol. The lowest BCUT2D eigenvalue weighted by Gasteiger charge is -2.32. The molecule has 2 N–H and O–H groups in total. The Kier molecular flexibility index (Phi) is 12.8. The summed E-state index contributed by atoms with van der Waals surface area (Å²) < 4.78 is 16.9. The Morgan fingerprint density at radius 1 is 1.11 bits per heavy atom. The zero-order valence-corrected chi connectivity index (χ0v) is 27.2. The fraction of sp³-hybridized carbons (Fsp3) is 0.559. The van der Waals surface area contributed by atoms with E-state index in [9.17, 15) is 19.2 Å². The maximum Gasteiger partial charge on any atom is 0.314 e. The largest absolute Gasteiger partial charge is 0.493 e. The van der Waals surface area contributed by atoms with Crippen LogP contribution in [-0.4, -0.2) is 98.6 Å². The number of pyridine rings is 1. The third-order valence-electron chi connectivity index (χ3n) is 8.33. The predicted octanol–water partition coefficient (Wildman–Crippen LogP) is 2.35. The molecule has 1 atom stereocenters. The molecule has 1 aromatic heterocycles. The number of carbonyl (C=O) groups excluding carboxylic acids is 4. The molecule has 1 saturated carbocycles. The van der Waals surface area contributed by atoms with Gasteiger partial charge in [0.1, 0.15) is 0 Å². The summed E-state index contributed by atoms with van der Waals surface area (Å²) in [5.41, 5.74) is 0.878. The van der Waals surface area contributed by atoms with Crippen molar-refractivity contribution in [2.75, 3.05) is 60.1 Å². The highest BCUT2D eigenvalue weighted by Crippen LogP contribution is 2.43. The zero-order chi connectivity index (χ0) is 32.9. The van der Waals surface area contributed by atoms with Crippen LogP contribution >= 0.6 is 0 Å². The Hall–Kier alpha value is -4.19. The number of hydrogen-bond acceptors (Lipinski definition) is 9. The summed E-state index contributed by atoms with van der Waals surface area (Å²) in [6.07, 6.45) is 7.02. The van der Waals surface area contributed by atoms with Crippen LogP contribution in [0.4, 0.5) is 0 Å². The lowest BCUT2D eigenvalue weighted by atomic mass is 9.76. The van der Waals surface area contributed by atoms with Crippen molar-refractivity contribution in [2.24, 2.45) is 11.3 Å². The quantitative estimate of drug-likeness (QED) is 0.397. The van der Waals surface area contributed by atoms with E-state index in [1.807, 2.05) is 30.1 Å². The highest BCUT2D eigenvalue weighted by Gasteiger charge is 2.44. The van der Waals surface area contributed by atoms with Crippen LogP contribution in [0.15, 0.2) is 42.7 Å². The van der Waals surface area contributed by atoms with Crippen LogP contribution in [-0.2, 0) is 36.9 Å². The fourth-order valence-corrected chi connectivity index (χ4v) is 5.79. The standard InChI is InChI=1S/C34H47N5O7/c1-4-45-33(43)34(19-25-7-8-25)20-27-9-10-28(44-3)29(18-27)46-23-31(41)36-15-17-39(16-5-6-30(40)37-24-34)32(42)22-38(2)21-26-11-13-35-14-12-26/h9-14,18,25H,4-8,15-17,19-24H2,1-3H3,(H,36,41)(H,37,40). The molecule has 1 aliphatic heterocycles. The number of amides is 3. The van der Waals surface area contributed by atoms with Crippen LogP contribution < -0.4 is 20.1 Å².